The number of amides is 1. The molecule has 7 nitrogen and oxygen atoms in total. The van der Waals surface area contributed by atoms with Crippen LogP contribution in [0.1, 0.15) is 51.0 Å². The Morgan fingerprint density at radius 3 is 2.49 bits per heavy atom. The third-order valence-corrected chi connectivity index (χ3v) is 8.71. The first-order valence-corrected chi connectivity index (χ1v) is 12.7. The molecule has 0 spiro atoms. The summed E-state index contributed by atoms with van der Waals surface area (Å²) < 4.78 is 6.94. The van der Waals surface area contributed by atoms with Gasteiger partial charge in [0.2, 0.25) is 11.9 Å². The van der Waals surface area contributed by atoms with Crippen molar-refractivity contribution >= 4 is 22.8 Å². The molecule has 1 aromatic heterocycles. The highest BCUT2D eigenvalue weighted by Crippen LogP contribution is 2.65. The fourth-order valence-corrected chi connectivity index (χ4v) is 7.61. The summed E-state index contributed by atoms with van der Waals surface area (Å²) in [6.45, 7) is 2.37. The van der Waals surface area contributed by atoms with Crippen molar-refractivity contribution < 1.29 is 9.53 Å². The normalized spacial score (nSPS) is 28.7. The van der Waals surface area contributed by atoms with Gasteiger partial charge in [-0.25, -0.2) is 4.98 Å². The summed E-state index contributed by atoms with van der Waals surface area (Å²) >= 11 is 0. The molecule has 4 aliphatic carbocycles. The second-order valence-electron chi connectivity index (χ2n) is 10.8. The first kappa shape index (κ1) is 22.1. The molecule has 3 aromatic rings. The number of ether oxygens (including phenoxy) is 1. The molecule has 182 valence electrons. The van der Waals surface area contributed by atoms with Crippen molar-refractivity contribution in [2.75, 3.05) is 12.5 Å². The Morgan fingerprint density at radius 2 is 1.80 bits per heavy atom. The van der Waals surface area contributed by atoms with Crippen LogP contribution in [0.5, 0.6) is 5.75 Å². The lowest BCUT2D eigenvalue weighted by Gasteiger charge is -2.61. The largest absolute Gasteiger partial charge is 0.497 e. The van der Waals surface area contributed by atoms with Gasteiger partial charge in [-0.3, -0.25) is 25.0 Å². The highest BCUT2D eigenvalue weighted by molar-refractivity contribution is 5.85. The van der Waals surface area contributed by atoms with Gasteiger partial charge in [0.25, 0.3) is 5.56 Å². The molecule has 4 aliphatic rings. The van der Waals surface area contributed by atoms with Crippen LogP contribution in [-0.2, 0) is 16.8 Å². The number of aromatic nitrogens is 2. The van der Waals surface area contributed by atoms with Gasteiger partial charge in [-0.1, -0.05) is 24.3 Å². The van der Waals surface area contributed by atoms with Gasteiger partial charge in [-0.2, -0.15) is 0 Å². The number of carbonyl (C=O) groups is 1. The fraction of sp³-hybridized carbons (Fsp3) is 0.464. The molecule has 7 heteroatoms. The number of anilines is 1. The van der Waals surface area contributed by atoms with E-state index < -0.39 is 5.41 Å². The average Bonchev–Trinajstić information content (AvgIpc) is 2.86. The molecule has 4 fully saturated rings. The summed E-state index contributed by atoms with van der Waals surface area (Å²) in [7, 11) is 1.69. The third-order valence-electron chi connectivity index (χ3n) is 8.71. The molecule has 2 unspecified atom stereocenters. The van der Waals surface area contributed by atoms with E-state index in [1.165, 1.54) is 12.0 Å². The van der Waals surface area contributed by atoms with Gasteiger partial charge in [0.15, 0.2) is 0 Å². The summed E-state index contributed by atoms with van der Waals surface area (Å²) in [6, 6.07) is 15.8. The molecule has 0 aliphatic heterocycles. The maximum absolute atomic E-state index is 13.8. The van der Waals surface area contributed by atoms with Crippen molar-refractivity contribution in [3.8, 4) is 5.75 Å². The van der Waals surface area contributed by atoms with Gasteiger partial charge in [0, 0.05) is 6.54 Å². The molecule has 4 saturated carbocycles. The van der Waals surface area contributed by atoms with Crippen LogP contribution in [0.15, 0.2) is 53.3 Å². The minimum atomic E-state index is -0.398. The van der Waals surface area contributed by atoms with Crippen molar-refractivity contribution in [2.24, 2.45) is 17.3 Å². The SMILES string of the molecule is CCn1c(NNC(=O)C23CC4CC(C2)CC(c2ccc(OC)cc2)(C4)C3)nc2ccccc2c1=O. The second-order valence-corrected chi connectivity index (χ2v) is 10.8. The number of nitrogens with zero attached hydrogens (tertiary/aromatic N) is 2. The van der Waals surface area contributed by atoms with Crippen LogP contribution in [-0.4, -0.2) is 22.6 Å². The number of hydrogen-bond acceptors (Lipinski definition) is 5. The summed E-state index contributed by atoms with van der Waals surface area (Å²) in [4.78, 5) is 31.4. The van der Waals surface area contributed by atoms with Crippen molar-refractivity contribution in [3.05, 3.63) is 64.4 Å². The lowest BCUT2D eigenvalue weighted by atomic mass is 9.42. The molecular weight excluding hydrogens is 440 g/mol. The number of benzene rings is 2. The quantitative estimate of drug-likeness (QED) is 0.519. The van der Waals surface area contributed by atoms with Crippen molar-refractivity contribution in [2.45, 2.75) is 57.4 Å². The van der Waals surface area contributed by atoms with E-state index >= 15 is 0 Å². The molecule has 1 amide bonds. The van der Waals surface area contributed by atoms with E-state index in [-0.39, 0.29) is 16.9 Å². The fourth-order valence-electron chi connectivity index (χ4n) is 7.61. The van der Waals surface area contributed by atoms with E-state index in [1.54, 1.807) is 17.7 Å². The van der Waals surface area contributed by atoms with Crippen molar-refractivity contribution in [1.82, 2.24) is 15.0 Å². The van der Waals surface area contributed by atoms with E-state index in [1.807, 2.05) is 37.3 Å². The van der Waals surface area contributed by atoms with Gasteiger partial charge in [-0.05, 0) is 92.5 Å². The lowest BCUT2D eigenvalue weighted by Crippen LogP contribution is -2.59. The lowest BCUT2D eigenvalue weighted by molar-refractivity contribution is -0.148. The van der Waals surface area contributed by atoms with Crippen molar-refractivity contribution in [1.29, 1.82) is 0 Å². The van der Waals surface area contributed by atoms with Crippen LogP contribution >= 0.6 is 0 Å². The maximum Gasteiger partial charge on any atom is 0.262 e. The monoisotopic (exact) mass is 472 g/mol. The van der Waals surface area contributed by atoms with E-state index in [9.17, 15) is 9.59 Å². The topological polar surface area (TPSA) is 85.2 Å². The Morgan fingerprint density at radius 1 is 1.09 bits per heavy atom. The zero-order valence-corrected chi connectivity index (χ0v) is 20.3. The van der Waals surface area contributed by atoms with Crippen LogP contribution in [0.3, 0.4) is 0 Å². The number of hydrogen-bond donors (Lipinski definition) is 2. The minimum Gasteiger partial charge on any atom is -0.497 e. The number of hydrazine groups is 1. The van der Waals surface area contributed by atoms with Gasteiger partial charge in [0.1, 0.15) is 5.75 Å². The third kappa shape index (κ3) is 3.51. The minimum absolute atomic E-state index is 0.0227. The summed E-state index contributed by atoms with van der Waals surface area (Å²) in [6.07, 6.45) is 6.25. The Kier molecular flexibility index (Phi) is 5.13. The van der Waals surface area contributed by atoms with Gasteiger partial charge >= 0.3 is 0 Å². The van der Waals surface area contributed by atoms with E-state index in [2.05, 4.69) is 28.0 Å². The summed E-state index contributed by atoms with van der Waals surface area (Å²) in [5.74, 6) is 2.39. The molecule has 7 rings (SSSR count). The Labute approximate surface area is 204 Å². The number of para-hydroxylation sites is 1. The number of methoxy groups -OCH3 is 1. The Balaban J connectivity index is 1.28. The maximum atomic E-state index is 13.8. The highest BCUT2D eigenvalue weighted by Gasteiger charge is 2.61. The van der Waals surface area contributed by atoms with Crippen LogP contribution in [0, 0.1) is 17.3 Å². The molecule has 35 heavy (non-hydrogen) atoms. The molecule has 1 heterocycles. The zero-order chi connectivity index (χ0) is 24.2. The molecule has 4 bridgehead atoms. The van der Waals surface area contributed by atoms with E-state index in [4.69, 9.17) is 4.74 Å². The second kappa shape index (κ2) is 8.11. The molecule has 2 aromatic carbocycles. The molecule has 2 atom stereocenters. The van der Waals surface area contributed by atoms with Crippen LogP contribution in [0.2, 0.25) is 0 Å². The average molecular weight is 473 g/mol. The van der Waals surface area contributed by atoms with Crippen LogP contribution in [0.25, 0.3) is 10.9 Å². The van der Waals surface area contributed by atoms with Crippen molar-refractivity contribution in [3.63, 3.8) is 0 Å². The predicted octanol–water partition coefficient (Wildman–Crippen LogP) is 4.41. The molecule has 0 saturated heterocycles. The van der Waals surface area contributed by atoms with Gasteiger partial charge < -0.3 is 4.74 Å². The standard InChI is InChI=1S/C28H32N4O3/c1-3-32-24(33)22-6-4-5-7-23(22)29-26(32)31-30-25(34)28-15-18-12-19(16-28)14-27(13-18,17-28)20-8-10-21(35-2)11-9-20/h4-11,18-19H,3,12-17H2,1-2H3,(H,29,31)(H,30,34). The molecule has 0 radical (unpaired) electrons. The first-order chi connectivity index (χ1) is 16.9. The zero-order valence-electron chi connectivity index (χ0n) is 20.3. The van der Waals surface area contributed by atoms with Crippen LogP contribution < -0.4 is 21.1 Å². The van der Waals surface area contributed by atoms with Crippen LogP contribution in [0.4, 0.5) is 5.95 Å². The number of carbonyl (C=O) groups excluding carboxylic acids is 1. The molecular formula is C28H32N4O3. The number of nitrogens with one attached hydrogen (secondary N) is 2. The van der Waals surface area contributed by atoms with Gasteiger partial charge in [-0.15, -0.1) is 0 Å². The predicted molar refractivity (Wildman–Crippen MR) is 135 cm³/mol. The number of fused-ring (bicyclic) bond motifs is 1. The Bertz CT molecular complexity index is 1330. The summed E-state index contributed by atoms with van der Waals surface area (Å²) in [5.41, 5.74) is 7.48. The number of rotatable bonds is 6. The summed E-state index contributed by atoms with van der Waals surface area (Å²) in [5, 5.41) is 0.578. The van der Waals surface area contributed by atoms with E-state index in [0.717, 1.165) is 37.9 Å². The van der Waals surface area contributed by atoms with E-state index in [0.29, 0.717) is 35.2 Å². The van der Waals surface area contributed by atoms with Gasteiger partial charge in [0.05, 0.1) is 23.4 Å². The highest BCUT2D eigenvalue weighted by atomic mass is 16.5. The smallest absolute Gasteiger partial charge is 0.262 e. The first-order valence-electron chi connectivity index (χ1n) is 12.7. The molecule has 2 N–H and O–H groups in total. The Hall–Kier alpha value is -3.35.